The lowest BCUT2D eigenvalue weighted by Crippen LogP contribution is -2.13. The molecule has 0 aliphatic rings. The van der Waals surface area contributed by atoms with Gasteiger partial charge in [0.25, 0.3) is 0 Å². The van der Waals surface area contributed by atoms with Crippen molar-refractivity contribution in [1.29, 1.82) is 0 Å². The van der Waals surface area contributed by atoms with Crippen LogP contribution in [-0.2, 0) is 21.8 Å². The molecule has 0 atom stereocenters. The van der Waals surface area contributed by atoms with E-state index in [0.717, 1.165) is 26.5 Å². The Morgan fingerprint density at radius 1 is 0.377 bits per heavy atom. The van der Waals surface area contributed by atoms with Crippen LogP contribution in [0.3, 0.4) is 0 Å². The summed E-state index contributed by atoms with van der Waals surface area (Å²) >= 11 is 0. The van der Waals surface area contributed by atoms with Gasteiger partial charge in [0.1, 0.15) is 11.5 Å². The highest BCUT2D eigenvalue weighted by Gasteiger charge is 2.31. The van der Waals surface area contributed by atoms with Gasteiger partial charge in [0.05, 0.1) is 32.9 Å². The number of benzene rings is 7. The normalized spacial score (nSPS) is 11.0. The van der Waals surface area contributed by atoms with Crippen LogP contribution in [0.4, 0.5) is 0 Å². The Labute approximate surface area is 316 Å². The molecule has 0 amide bonds. The van der Waals surface area contributed by atoms with Crippen LogP contribution in [0.5, 0.6) is 11.5 Å². The summed E-state index contributed by atoms with van der Waals surface area (Å²) in [5.74, 6) is 0.0323. The Bertz CT molecular complexity index is 2240. The maximum Gasteiger partial charge on any atom is 0.343 e. The van der Waals surface area contributed by atoms with Gasteiger partial charge in [-0.2, -0.15) is 0 Å². The minimum atomic E-state index is -0.500. The van der Waals surface area contributed by atoms with Gasteiger partial charge in [-0.3, -0.25) is 0 Å². The van der Waals surface area contributed by atoms with Gasteiger partial charge < -0.3 is 9.47 Å². The molecule has 0 heterocycles. The molecule has 0 bridgehead atoms. The van der Waals surface area contributed by atoms with E-state index in [4.69, 9.17) is 9.47 Å². The molecule has 0 saturated heterocycles. The molecule has 4 nitrogen and oxygen atoms in total. The Hall–Kier alpha value is -5.82. The molecule has 7 aromatic carbocycles. The summed E-state index contributed by atoms with van der Waals surface area (Å²) in [5.41, 5.74) is 3.28. The van der Waals surface area contributed by atoms with E-state index < -0.39 is 11.9 Å². The first-order valence-electron chi connectivity index (χ1n) is 17.3. The van der Waals surface area contributed by atoms with Crippen molar-refractivity contribution in [3.05, 3.63) is 204 Å². The monoisotopic (exact) mass is 730 g/mol. The second-order valence-electron chi connectivity index (χ2n) is 12.5. The third kappa shape index (κ3) is 8.15. The number of hydrogen-bond donors (Lipinski definition) is 0. The van der Waals surface area contributed by atoms with Crippen molar-refractivity contribution < 1.29 is 19.1 Å². The molecule has 0 N–H and O–H groups in total. The number of esters is 2. The van der Waals surface area contributed by atoms with Gasteiger partial charge in [-0.05, 0) is 122 Å². The van der Waals surface area contributed by atoms with Crippen LogP contribution >= 0.6 is 0 Å². The Kier molecular flexibility index (Phi) is 10.9. The second-order valence-corrected chi connectivity index (χ2v) is 16.6. The van der Waals surface area contributed by atoms with Gasteiger partial charge in [-0.15, -0.1) is 0 Å². The minimum absolute atomic E-state index is 0.311. The fourth-order valence-corrected chi connectivity index (χ4v) is 10.6. The SMILES string of the molecule is Cc1cc([S+](c2ccccc2)c2ccccc2)ccc1OC(=O)c1ccc(C(=O)Oc2c(C)cc([S+](c3ccccc3)c3ccccc3)cc2C)cc1. The van der Waals surface area contributed by atoms with E-state index in [-0.39, 0.29) is 21.8 Å². The van der Waals surface area contributed by atoms with Crippen LogP contribution in [0.15, 0.2) is 205 Å². The number of carbonyl (C=O) groups is 2. The summed E-state index contributed by atoms with van der Waals surface area (Å²) in [6.45, 7) is 5.88. The molecule has 7 rings (SSSR count). The zero-order valence-electron chi connectivity index (χ0n) is 29.7. The van der Waals surface area contributed by atoms with Crippen LogP contribution in [0.1, 0.15) is 37.4 Å². The predicted molar refractivity (Wildman–Crippen MR) is 214 cm³/mol. The molecule has 6 heteroatoms. The van der Waals surface area contributed by atoms with Crippen molar-refractivity contribution in [3.8, 4) is 11.5 Å². The first-order valence-corrected chi connectivity index (χ1v) is 19.8. The third-order valence-corrected chi connectivity index (χ3v) is 13.1. The molecule has 0 spiro atoms. The van der Waals surface area contributed by atoms with E-state index >= 15 is 0 Å². The molecule has 53 heavy (non-hydrogen) atoms. The van der Waals surface area contributed by atoms with Gasteiger partial charge in [-0.25, -0.2) is 9.59 Å². The van der Waals surface area contributed by atoms with Crippen molar-refractivity contribution >= 4 is 33.7 Å². The molecule has 260 valence electrons. The van der Waals surface area contributed by atoms with Crippen molar-refractivity contribution in [2.75, 3.05) is 0 Å². The average Bonchev–Trinajstić information content (AvgIpc) is 3.19. The molecular weight excluding hydrogens is 693 g/mol. The first kappa shape index (κ1) is 35.6. The molecule has 0 fully saturated rings. The van der Waals surface area contributed by atoms with Crippen LogP contribution in [0.2, 0.25) is 0 Å². The van der Waals surface area contributed by atoms with Crippen LogP contribution < -0.4 is 9.47 Å². The number of ether oxygens (including phenoxy) is 2. The largest absolute Gasteiger partial charge is 0.423 e. The van der Waals surface area contributed by atoms with E-state index in [2.05, 4.69) is 115 Å². The first-order chi connectivity index (χ1) is 25.9. The van der Waals surface area contributed by atoms with E-state index in [1.54, 1.807) is 24.3 Å². The number of carbonyl (C=O) groups excluding carboxylic acids is 2. The van der Waals surface area contributed by atoms with Gasteiger partial charge in [0.15, 0.2) is 29.4 Å². The summed E-state index contributed by atoms with van der Waals surface area (Å²) in [6, 6.07) is 58.3. The van der Waals surface area contributed by atoms with Crippen LogP contribution in [0, 0.1) is 20.8 Å². The van der Waals surface area contributed by atoms with Gasteiger partial charge in [0.2, 0.25) is 0 Å². The Balaban J connectivity index is 1.05. The summed E-state index contributed by atoms with van der Waals surface area (Å²) in [6.07, 6.45) is 0. The fourth-order valence-electron chi connectivity index (χ4n) is 6.15. The third-order valence-electron chi connectivity index (χ3n) is 8.72. The lowest BCUT2D eigenvalue weighted by Gasteiger charge is -2.14. The highest BCUT2D eigenvalue weighted by molar-refractivity contribution is 7.97. The lowest BCUT2D eigenvalue weighted by atomic mass is 10.1. The zero-order valence-corrected chi connectivity index (χ0v) is 31.3. The fraction of sp³-hybridized carbons (Fsp3) is 0.0638. The molecule has 7 aromatic rings. The topological polar surface area (TPSA) is 52.6 Å². The van der Waals surface area contributed by atoms with Crippen LogP contribution in [0.25, 0.3) is 0 Å². The predicted octanol–water partition coefficient (Wildman–Crippen LogP) is 11.2. The summed E-state index contributed by atoms with van der Waals surface area (Å²) in [4.78, 5) is 33.7. The second kappa shape index (κ2) is 16.2. The molecule has 0 radical (unpaired) electrons. The summed E-state index contributed by atoms with van der Waals surface area (Å²) in [7, 11) is -0.630. The summed E-state index contributed by atoms with van der Waals surface area (Å²) in [5, 5.41) is 0. The number of hydrogen-bond acceptors (Lipinski definition) is 4. The van der Waals surface area contributed by atoms with Crippen molar-refractivity contribution in [2.24, 2.45) is 0 Å². The molecule has 0 aliphatic carbocycles. The highest BCUT2D eigenvalue weighted by atomic mass is 32.2. The minimum Gasteiger partial charge on any atom is -0.423 e. The maximum atomic E-state index is 13.4. The van der Waals surface area contributed by atoms with E-state index in [1.165, 1.54) is 19.6 Å². The van der Waals surface area contributed by atoms with E-state index in [1.807, 2.05) is 57.2 Å². The van der Waals surface area contributed by atoms with Crippen molar-refractivity contribution in [2.45, 2.75) is 50.1 Å². The molecular formula is C47H38O4S2+2. The average molecular weight is 731 g/mol. The standard InChI is InChI=1S/C47H38O4S2/c1-33-30-42(52(38-16-8-4-9-17-38)39-18-10-5-11-19-39)28-29-44(33)50-46(48)36-24-26-37(27-25-36)47(49)51-45-34(2)31-43(32-35(45)3)53(40-20-12-6-13-21-40)41-22-14-7-15-23-41/h4-32H,1-3H3/q+2. The van der Waals surface area contributed by atoms with Gasteiger partial charge in [-0.1, -0.05) is 72.8 Å². The quantitative estimate of drug-likeness (QED) is 0.0799. The number of rotatable bonds is 10. The molecule has 0 aliphatic heterocycles. The van der Waals surface area contributed by atoms with Crippen molar-refractivity contribution in [1.82, 2.24) is 0 Å². The smallest absolute Gasteiger partial charge is 0.343 e. The molecule has 0 saturated carbocycles. The highest BCUT2D eigenvalue weighted by Crippen LogP contribution is 2.36. The molecule has 0 unspecified atom stereocenters. The van der Waals surface area contributed by atoms with Crippen molar-refractivity contribution in [3.63, 3.8) is 0 Å². The van der Waals surface area contributed by atoms with Gasteiger partial charge in [0, 0.05) is 18.2 Å². The zero-order chi connectivity index (χ0) is 36.7. The van der Waals surface area contributed by atoms with Crippen LogP contribution in [-0.4, -0.2) is 11.9 Å². The number of aryl methyl sites for hydroxylation is 3. The van der Waals surface area contributed by atoms with E-state index in [0.29, 0.717) is 22.6 Å². The maximum absolute atomic E-state index is 13.4. The Morgan fingerprint density at radius 2 is 0.736 bits per heavy atom. The van der Waals surface area contributed by atoms with Gasteiger partial charge >= 0.3 is 11.9 Å². The lowest BCUT2D eigenvalue weighted by molar-refractivity contribution is 0.0718. The van der Waals surface area contributed by atoms with E-state index in [9.17, 15) is 9.59 Å². The Morgan fingerprint density at radius 3 is 1.13 bits per heavy atom. The summed E-state index contributed by atoms with van der Waals surface area (Å²) < 4.78 is 11.8. The molecule has 0 aromatic heterocycles.